The summed E-state index contributed by atoms with van der Waals surface area (Å²) in [4.78, 5) is 18.7. The van der Waals surface area contributed by atoms with Crippen LogP contribution in [-0.4, -0.2) is 28.2 Å². The Hall–Kier alpha value is -2.37. The molecule has 2 aromatic rings. The fourth-order valence-electron chi connectivity index (χ4n) is 1.37. The van der Waals surface area contributed by atoms with Crippen molar-refractivity contribution in [2.24, 2.45) is 0 Å². The van der Waals surface area contributed by atoms with Crippen molar-refractivity contribution in [3.8, 4) is 17.3 Å². The molecule has 0 saturated carbocycles. The third-order valence-electron chi connectivity index (χ3n) is 2.19. The largest absolute Gasteiger partial charge is 0.481 e. The van der Waals surface area contributed by atoms with E-state index < -0.39 is 5.97 Å². The second-order valence-electron chi connectivity index (χ2n) is 3.32. The van der Waals surface area contributed by atoms with Crippen molar-refractivity contribution in [1.29, 1.82) is 0 Å². The second kappa shape index (κ2) is 4.25. The first kappa shape index (κ1) is 11.1. The minimum Gasteiger partial charge on any atom is -0.481 e. The summed E-state index contributed by atoms with van der Waals surface area (Å²) in [5.41, 5.74) is 0.531. The van der Waals surface area contributed by atoms with Gasteiger partial charge >= 0.3 is 5.97 Å². The number of ether oxygens (including phenoxy) is 1. The number of aromatic nitrogens is 2. The monoisotopic (exact) mass is 234 g/mol. The lowest BCUT2D eigenvalue weighted by Crippen LogP contribution is -1.98. The van der Waals surface area contributed by atoms with Gasteiger partial charge in [0, 0.05) is 17.8 Å². The highest BCUT2D eigenvalue weighted by molar-refractivity contribution is 5.87. The predicted molar refractivity (Wildman–Crippen MR) is 58.0 cm³/mol. The summed E-state index contributed by atoms with van der Waals surface area (Å²) in [6, 6.07) is 3.29. The molecule has 0 unspecified atom stereocenters. The molecule has 0 spiro atoms. The van der Waals surface area contributed by atoms with Crippen LogP contribution in [0.25, 0.3) is 11.5 Å². The first-order valence-corrected chi connectivity index (χ1v) is 4.83. The van der Waals surface area contributed by atoms with Crippen LogP contribution in [0.2, 0.25) is 0 Å². The second-order valence-corrected chi connectivity index (χ2v) is 3.32. The van der Waals surface area contributed by atoms with Gasteiger partial charge in [-0.15, -0.1) is 0 Å². The molecular formula is C11H10N2O4. The molecule has 2 heterocycles. The Morgan fingerprint density at radius 3 is 2.88 bits per heavy atom. The molecule has 0 aromatic carbocycles. The number of hydrogen-bond donors (Lipinski definition) is 1. The minimum absolute atomic E-state index is 0.0872. The summed E-state index contributed by atoms with van der Waals surface area (Å²) in [5, 5.41) is 8.87. The van der Waals surface area contributed by atoms with Crippen LogP contribution in [0.3, 0.4) is 0 Å². The van der Waals surface area contributed by atoms with E-state index in [1.807, 2.05) is 0 Å². The van der Waals surface area contributed by atoms with E-state index in [0.717, 1.165) is 0 Å². The maximum Gasteiger partial charge on any atom is 0.358 e. The number of hydrogen-bond acceptors (Lipinski definition) is 5. The van der Waals surface area contributed by atoms with Gasteiger partial charge in [0.25, 0.3) is 0 Å². The molecule has 2 aromatic heterocycles. The number of rotatable bonds is 3. The van der Waals surface area contributed by atoms with Gasteiger partial charge in [-0.1, -0.05) is 0 Å². The Balaban J connectivity index is 2.46. The van der Waals surface area contributed by atoms with Crippen molar-refractivity contribution in [2.75, 3.05) is 7.11 Å². The van der Waals surface area contributed by atoms with Crippen molar-refractivity contribution in [3.63, 3.8) is 0 Å². The fourth-order valence-corrected chi connectivity index (χ4v) is 1.37. The third kappa shape index (κ3) is 2.10. The highest BCUT2D eigenvalue weighted by atomic mass is 16.5. The molecular weight excluding hydrogens is 224 g/mol. The van der Waals surface area contributed by atoms with Crippen molar-refractivity contribution in [1.82, 2.24) is 9.97 Å². The summed E-state index contributed by atoms with van der Waals surface area (Å²) < 4.78 is 10.3. The van der Waals surface area contributed by atoms with Gasteiger partial charge in [0.05, 0.1) is 7.11 Å². The minimum atomic E-state index is -1.11. The summed E-state index contributed by atoms with van der Waals surface area (Å²) >= 11 is 0. The third-order valence-corrected chi connectivity index (χ3v) is 2.19. The first-order valence-electron chi connectivity index (χ1n) is 4.83. The molecule has 88 valence electrons. The molecule has 1 N–H and O–H groups in total. The predicted octanol–water partition coefficient (Wildman–Crippen LogP) is 1.75. The summed E-state index contributed by atoms with van der Waals surface area (Å²) in [6.07, 6.45) is 1.54. The Labute approximate surface area is 96.9 Å². The molecule has 0 radical (unpaired) electrons. The van der Waals surface area contributed by atoms with Crippen molar-refractivity contribution < 1.29 is 19.1 Å². The highest BCUT2D eigenvalue weighted by Gasteiger charge is 2.17. The number of aryl methyl sites for hydroxylation is 1. The number of oxazole rings is 1. The van der Waals surface area contributed by atoms with Gasteiger partial charge < -0.3 is 14.3 Å². The van der Waals surface area contributed by atoms with Gasteiger partial charge in [-0.05, 0) is 13.0 Å². The lowest BCUT2D eigenvalue weighted by Gasteiger charge is -1.99. The number of carboxylic acid groups (broad SMARTS) is 1. The number of pyridine rings is 1. The summed E-state index contributed by atoms with van der Waals surface area (Å²) in [7, 11) is 1.50. The van der Waals surface area contributed by atoms with Gasteiger partial charge in [0.1, 0.15) is 5.76 Å². The molecule has 0 aliphatic rings. The maximum absolute atomic E-state index is 10.8. The molecule has 6 heteroatoms. The van der Waals surface area contributed by atoms with E-state index in [9.17, 15) is 4.79 Å². The molecule has 6 nitrogen and oxygen atoms in total. The molecule has 0 aliphatic heterocycles. The summed E-state index contributed by atoms with van der Waals surface area (Å²) in [5.74, 6) is -0.197. The Kier molecular flexibility index (Phi) is 2.78. The molecule has 0 saturated heterocycles. The molecule has 0 fully saturated rings. The van der Waals surface area contributed by atoms with E-state index in [0.29, 0.717) is 11.4 Å². The smallest absolute Gasteiger partial charge is 0.358 e. The zero-order valence-corrected chi connectivity index (χ0v) is 9.30. The van der Waals surface area contributed by atoms with E-state index in [1.165, 1.54) is 13.3 Å². The number of nitrogens with zero attached hydrogens (tertiary/aromatic N) is 2. The van der Waals surface area contributed by atoms with E-state index in [-0.39, 0.29) is 17.3 Å². The Morgan fingerprint density at radius 1 is 1.53 bits per heavy atom. The van der Waals surface area contributed by atoms with Gasteiger partial charge in [-0.2, -0.15) is 0 Å². The molecule has 0 bridgehead atoms. The van der Waals surface area contributed by atoms with Crippen LogP contribution in [0.1, 0.15) is 16.2 Å². The van der Waals surface area contributed by atoms with E-state index in [2.05, 4.69) is 9.97 Å². The number of aromatic carboxylic acids is 1. The molecule has 0 aliphatic carbocycles. The lowest BCUT2D eigenvalue weighted by atomic mass is 10.2. The standard InChI is InChI=1S/C11H10N2O4/c1-6-9(11(14)15)13-10(17-6)7-3-4-12-8(5-7)16-2/h3-5H,1-2H3,(H,14,15). The molecule has 2 rings (SSSR count). The Bertz CT molecular complexity index is 562. The average molecular weight is 234 g/mol. The fraction of sp³-hybridized carbons (Fsp3) is 0.182. The number of carbonyl (C=O) groups is 1. The van der Waals surface area contributed by atoms with Gasteiger partial charge in [-0.3, -0.25) is 0 Å². The number of methoxy groups -OCH3 is 1. The van der Waals surface area contributed by atoms with E-state index in [1.54, 1.807) is 19.1 Å². The average Bonchev–Trinajstić information content (AvgIpc) is 2.71. The lowest BCUT2D eigenvalue weighted by molar-refractivity contribution is 0.0689. The normalized spacial score (nSPS) is 10.2. The zero-order valence-electron chi connectivity index (χ0n) is 9.30. The van der Waals surface area contributed by atoms with Crippen LogP contribution < -0.4 is 4.74 Å². The Morgan fingerprint density at radius 2 is 2.29 bits per heavy atom. The quantitative estimate of drug-likeness (QED) is 0.870. The van der Waals surface area contributed by atoms with E-state index >= 15 is 0 Å². The van der Waals surface area contributed by atoms with Gasteiger partial charge in [0.15, 0.2) is 5.69 Å². The van der Waals surface area contributed by atoms with Crippen LogP contribution in [-0.2, 0) is 0 Å². The summed E-state index contributed by atoms with van der Waals surface area (Å²) in [6.45, 7) is 1.55. The van der Waals surface area contributed by atoms with Crippen LogP contribution in [0.15, 0.2) is 22.7 Å². The SMILES string of the molecule is COc1cc(-c2nc(C(=O)O)c(C)o2)ccn1. The first-order chi connectivity index (χ1) is 8.11. The van der Waals surface area contributed by atoms with Gasteiger partial charge in [-0.25, -0.2) is 14.8 Å². The van der Waals surface area contributed by atoms with Gasteiger partial charge in [0.2, 0.25) is 11.8 Å². The molecule has 0 amide bonds. The van der Waals surface area contributed by atoms with E-state index in [4.69, 9.17) is 14.3 Å². The van der Waals surface area contributed by atoms with Crippen molar-refractivity contribution >= 4 is 5.97 Å². The van der Waals surface area contributed by atoms with Crippen molar-refractivity contribution in [2.45, 2.75) is 6.92 Å². The number of carboxylic acids is 1. The highest BCUT2D eigenvalue weighted by Crippen LogP contribution is 2.23. The molecule has 0 atom stereocenters. The van der Waals surface area contributed by atoms with Crippen LogP contribution in [0.5, 0.6) is 5.88 Å². The van der Waals surface area contributed by atoms with Crippen LogP contribution in [0.4, 0.5) is 0 Å². The van der Waals surface area contributed by atoms with Crippen LogP contribution >= 0.6 is 0 Å². The topological polar surface area (TPSA) is 85.5 Å². The maximum atomic E-state index is 10.8. The van der Waals surface area contributed by atoms with Crippen LogP contribution in [0, 0.1) is 6.92 Å². The zero-order chi connectivity index (χ0) is 12.4. The molecule has 17 heavy (non-hydrogen) atoms. The van der Waals surface area contributed by atoms with Crippen molar-refractivity contribution in [3.05, 3.63) is 29.8 Å².